The summed E-state index contributed by atoms with van der Waals surface area (Å²) < 4.78 is 10.2. The standard InChI is InChI=1S/C10H9ClN2O3/c1-15-6-4-2-3-5(11)7(6)8-9(14)13-10(12)16-8/h2-4,8H,1H3,(H2,12,13,14). The Morgan fingerprint density at radius 2 is 2.31 bits per heavy atom. The van der Waals surface area contributed by atoms with Crippen LogP contribution in [0.5, 0.6) is 5.75 Å². The molecule has 5 nitrogen and oxygen atoms in total. The molecular weight excluding hydrogens is 232 g/mol. The van der Waals surface area contributed by atoms with E-state index in [1.165, 1.54) is 7.11 Å². The van der Waals surface area contributed by atoms with Crippen LogP contribution in [0.2, 0.25) is 5.02 Å². The van der Waals surface area contributed by atoms with Crippen molar-refractivity contribution in [2.24, 2.45) is 10.7 Å². The summed E-state index contributed by atoms with van der Waals surface area (Å²) in [5, 5.41) is 0.377. The minimum absolute atomic E-state index is 0.156. The molecule has 1 unspecified atom stereocenters. The highest BCUT2D eigenvalue weighted by Crippen LogP contribution is 2.36. The summed E-state index contributed by atoms with van der Waals surface area (Å²) in [6.45, 7) is 0. The van der Waals surface area contributed by atoms with Gasteiger partial charge in [0.15, 0.2) is 0 Å². The lowest BCUT2D eigenvalue weighted by atomic mass is 10.1. The zero-order chi connectivity index (χ0) is 11.7. The third-order valence-electron chi connectivity index (χ3n) is 2.18. The Kier molecular flexibility index (Phi) is 2.70. The lowest BCUT2D eigenvalue weighted by Gasteiger charge is -2.14. The Labute approximate surface area is 96.8 Å². The van der Waals surface area contributed by atoms with E-state index in [2.05, 4.69) is 4.99 Å². The molecular formula is C10H9ClN2O3. The predicted octanol–water partition coefficient (Wildman–Crippen LogP) is 1.26. The van der Waals surface area contributed by atoms with Crippen molar-refractivity contribution in [3.63, 3.8) is 0 Å². The van der Waals surface area contributed by atoms with Gasteiger partial charge in [-0.2, -0.15) is 4.99 Å². The number of carbonyl (C=O) groups excluding carboxylic acids is 1. The molecule has 0 radical (unpaired) electrons. The van der Waals surface area contributed by atoms with Gasteiger partial charge in [0, 0.05) is 0 Å². The smallest absolute Gasteiger partial charge is 0.296 e. The molecule has 2 rings (SSSR count). The van der Waals surface area contributed by atoms with Crippen molar-refractivity contribution in [1.29, 1.82) is 0 Å². The molecule has 0 aliphatic carbocycles. The SMILES string of the molecule is COc1cccc(Cl)c1C1OC(N)=NC1=O. The van der Waals surface area contributed by atoms with Crippen molar-refractivity contribution < 1.29 is 14.3 Å². The number of hydrogen-bond acceptors (Lipinski definition) is 4. The number of aliphatic imine (C=N–C) groups is 1. The van der Waals surface area contributed by atoms with E-state index in [1.54, 1.807) is 18.2 Å². The van der Waals surface area contributed by atoms with E-state index >= 15 is 0 Å². The summed E-state index contributed by atoms with van der Waals surface area (Å²) in [5.41, 5.74) is 5.76. The number of hydrogen-bond donors (Lipinski definition) is 1. The van der Waals surface area contributed by atoms with E-state index in [0.717, 1.165) is 0 Å². The number of rotatable bonds is 2. The van der Waals surface area contributed by atoms with Gasteiger partial charge in [-0.05, 0) is 12.1 Å². The van der Waals surface area contributed by atoms with Crippen LogP contribution in [0.3, 0.4) is 0 Å². The molecule has 0 fully saturated rings. The maximum atomic E-state index is 11.5. The molecule has 1 amide bonds. The fourth-order valence-electron chi connectivity index (χ4n) is 1.50. The Bertz CT molecular complexity index is 473. The normalized spacial score (nSPS) is 19.2. The van der Waals surface area contributed by atoms with Gasteiger partial charge < -0.3 is 15.2 Å². The van der Waals surface area contributed by atoms with E-state index in [1.807, 2.05) is 0 Å². The molecule has 84 valence electrons. The van der Waals surface area contributed by atoms with E-state index in [4.69, 9.17) is 26.8 Å². The Hall–Kier alpha value is -1.75. The maximum absolute atomic E-state index is 11.5. The van der Waals surface area contributed by atoms with Crippen molar-refractivity contribution in [2.75, 3.05) is 7.11 Å². The number of benzene rings is 1. The highest BCUT2D eigenvalue weighted by Gasteiger charge is 2.33. The zero-order valence-electron chi connectivity index (χ0n) is 8.44. The summed E-state index contributed by atoms with van der Waals surface area (Å²) in [5.74, 6) is -0.0142. The van der Waals surface area contributed by atoms with Crippen LogP contribution in [0.15, 0.2) is 23.2 Å². The third kappa shape index (κ3) is 1.69. The van der Waals surface area contributed by atoms with Gasteiger partial charge in [0.1, 0.15) is 5.75 Å². The second-order valence-electron chi connectivity index (χ2n) is 3.14. The van der Waals surface area contributed by atoms with E-state index in [0.29, 0.717) is 16.3 Å². The number of amides is 1. The Morgan fingerprint density at radius 3 is 2.88 bits per heavy atom. The van der Waals surface area contributed by atoms with Crippen LogP contribution >= 0.6 is 11.6 Å². The van der Waals surface area contributed by atoms with Gasteiger partial charge >= 0.3 is 0 Å². The molecule has 0 bridgehead atoms. The van der Waals surface area contributed by atoms with Crippen molar-refractivity contribution in [3.8, 4) is 5.75 Å². The summed E-state index contributed by atoms with van der Waals surface area (Å²) in [4.78, 5) is 15.0. The first-order valence-corrected chi connectivity index (χ1v) is 4.88. The number of nitrogens with two attached hydrogens (primary N) is 1. The lowest BCUT2D eigenvalue weighted by Crippen LogP contribution is -2.15. The topological polar surface area (TPSA) is 73.9 Å². The first-order valence-electron chi connectivity index (χ1n) is 4.50. The van der Waals surface area contributed by atoms with Gasteiger partial charge in [-0.15, -0.1) is 0 Å². The second kappa shape index (κ2) is 4.02. The van der Waals surface area contributed by atoms with Crippen LogP contribution in [0.25, 0.3) is 0 Å². The monoisotopic (exact) mass is 240 g/mol. The molecule has 1 atom stereocenters. The Balaban J connectivity index is 2.45. The molecule has 1 aliphatic heterocycles. The number of carbonyl (C=O) groups is 1. The average molecular weight is 241 g/mol. The van der Waals surface area contributed by atoms with Crippen LogP contribution in [0.1, 0.15) is 11.7 Å². The minimum atomic E-state index is -0.913. The summed E-state index contributed by atoms with van der Waals surface area (Å²) in [6, 6.07) is 4.89. The molecule has 1 aromatic rings. The Morgan fingerprint density at radius 1 is 1.56 bits per heavy atom. The minimum Gasteiger partial charge on any atom is -0.496 e. The van der Waals surface area contributed by atoms with Crippen molar-refractivity contribution in [2.45, 2.75) is 6.10 Å². The molecule has 0 saturated carbocycles. The van der Waals surface area contributed by atoms with Crippen molar-refractivity contribution in [3.05, 3.63) is 28.8 Å². The van der Waals surface area contributed by atoms with Gasteiger partial charge in [-0.25, -0.2) is 0 Å². The van der Waals surface area contributed by atoms with Crippen LogP contribution in [0.4, 0.5) is 0 Å². The first kappa shape index (κ1) is 10.8. The third-order valence-corrected chi connectivity index (χ3v) is 2.51. The van der Waals surface area contributed by atoms with Crippen molar-refractivity contribution >= 4 is 23.5 Å². The number of methoxy groups -OCH3 is 1. The number of halogens is 1. The average Bonchev–Trinajstić information content (AvgIpc) is 2.57. The summed E-state index contributed by atoms with van der Waals surface area (Å²) in [6.07, 6.45) is -0.913. The van der Waals surface area contributed by atoms with Gasteiger partial charge in [0.2, 0.25) is 6.10 Å². The zero-order valence-corrected chi connectivity index (χ0v) is 9.19. The van der Waals surface area contributed by atoms with Crippen LogP contribution in [-0.2, 0) is 9.53 Å². The molecule has 1 aromatic carbocycles. The highest BCUT2D eigenvalue weighted by molar-refractivity contribution is 6.32. The van der Waals surface area contributed by atoms with Gasteiger partial charge in [0.25, 0.3) is 11.9 Å². The van der Waals surface area contributed by atoms with Crippen LogP contribution in [0, 0.1) is 0 Å². The number of nitrogens with zero attached hydrogens (tertiary/aromatic N) is 1. The van der Waals surface area contributed by atoms with E-state index in [9.17, 15) is 4.79 Å². The number of ether oxygens (including phenoxy) is 2. The molecule has 6 heteroatoms. The fourth-order valence-corrected chi connectivity index (χ4v) is 1.76. The quantitative estimate of drug-likeness (QED) is 0.845. The predicted molar refractivity (Wildman–Crippen MR) is 58.5 cm³/mol. The number of amidine groups is 1. The lowest BCUT2D eigenvalue weighted by molar-refractivity contribution is -0.122. The van der Waals surface area contributed by atoms with Crippen LogP contribution < -0.4 is 10.5 Å². The van der Waals surface area contributed by atoms with E-state index in [-0.39, 0.29) is 6.02 Å². The largest absolute Gasteiger partial charge is 0.496 e. The maximum Gasteiger partial charge on any atom is 0.296 e. The second-order valence-corrected chi connectivity index (χ2v) is 3.55. The van der Waals surface area contributed by atoms with Crippen molar-refractivity contribution in [1.82, 2.24) is 0 Å². The molecule has 1 aliphatic rings. The fraction of sp³-hybridized carbons (Fsp3) is 0.200. The van der Waals surface area contributed by atoms with Crippen LogP contribution in [-0.4, -0.2) is 19.0 Å². The molecule has 0 aromatic heterocycles. The molecule has 0 saturated heterocycles. The first-order chi connectivity index (χ1) is 7.63. The van der Waals surface area contributed by atoms with E-state index < -0.39 is 12.0 Å². The molecule has 2 N–H and O–H groups in total. The summed E-state index contributed by atoms with van der Waals surface area (Å²) >= 11 is 6.00. The van der Waals surface area contributed by atoms with Gasteiger partial charge in [0.05, 0.1) is 17.7 Å². The molecule has 0 spiro atoms. The highest BCUT2D eigenvalue weighted by atomic mass is 35.5. The molecule has 16 heavy (non-hydrogen) atoms. The molecule has 1 heterocycles. The summed E-state index contributed by atoms with van der Waals surface area (Å²) in [7, 11) is 1.48. The van der Waals surface area contributed by atoms with Gasteiger partial charge in [-0.3, -0.25) is 4.79 Å². The van der Waals surface area contributed by atoms with Gasteiger partial charge in [-0.1, -0.05) is 17.7 Å².